The van der Waals surface area contributed by atoms with E-state index in [-0.39, 0.29) is 24.8 Å². The first-order valence-corrected chi connectivity index (χ1v) is 3.04. The molecule has 1 aromatic rings. The van der Waals surface area contributed by atoms with Gasteiger partial charge in [-0.2, -0.15) is 5.10 Å². The van der Waals surface area contributed by atoms with Crippen LogP contribution in [0.2, 0.25) is 0 Å². The highest BCUT2D eigenvalue weighted by Crippen LogP contribution is 2.14. The van der Waals surface area contributed by atoms with Gasteiger partial charge in [-0.1, -0.05) is 0 Å². The maximum Gasteiger partial charge on any atom is 0.215 e. The average molecular weight is 214 g/mol. The van der Waals surface area contributed by atoms with E-state index >= 15 is 0 Å². The third kappa shape index (κ3) is 2.55. The van der Waals surface area contributed by atoms with E-state index in [9.17, 15) is 0 Å². The van der Waals surface area contributed by atoms with Crippen LogP contribution in [-0.4, -0.2) is 16.9 Å². The molecule has 2 N–H and O–H groups in total. The fourth-order valence-corrected chi connectivity index (χ4v) is 0.875. The summed E-state index contributed by atoms with van der Waals surface area (Å²) < 4.78 is 6.68. The number of hydrogen-bond acceptors (Lipinski definition) is 3. The molecule has 0 saturated heterocycles. The molecular weight excluding hydrogens is 201 g/mol. The van der Waals surface area contributed by atoms with Crippen molar-refractivity contribution in [1.82, 2.24) is 9.78 Å². The van der Waals surface area contributed by atoms with Crippen LogP contribution in [0, 0.1) is 0 Å². The Labute approximate surface area is 83.9 Å². The van der Waals surface area contributed by atoms with Gasteiger partial charge in [0.05, 0.1) is 13.3 Å². The minimum atomic E-state index is 0. The second-order valence-corrected chi connectivity index (χ2v) is 2.01. The van der Waals surface area contributed by atoms with Crippen LogP contribution in [0.5, 0.6) is 5.88 Å². The molecule has 6 heteroatoms. The van der Waals surface area contributed by atoms with Crippen LogP contribution in [0.1, 0.15) is 5.56 Å². The summed E-state index contributed by atoms with van der Waals surface area (Å²) in [5.74, 6) is 0.738. The van der Waals surface area contributed by atoms with Crippen LogP contribution in [-0.2, 0) is 13.6 Å². The molecule has 12 heavy (non-hydrogen) atoms. The minimum Gasteiger partial charge on any atom is -0.481 e. The lowest BCUT2D eigenvalue weighted by Crippen LogP contribution is -2.00. The van der Waals surface area contributed by atoms with Crippen molar-refractivity contribution < 1.29 is 4.74 Å². The topological polar surface area (TPSA) is 53.1 Å². The number of ether oxygens (including phenoxy) is 1. The van der Waals surface area contributed by atoms with E-state index < -0.39 is 0 Å². The molecule has 1 rings (SSSR count). The van der Waals surface area contributed by atoms with Crippen LogP contribution in [0.15, 0.2) is 6.20 Å². The highest BCUT2D eigenvalue weighted by molar-refractivity contribution is 5.85. The lowest BCUT2D eigenvalue weighted by atomic mass is 10.3. The smallest absolute Gasteiger partial charge is 0.215 e. The molecule has 4 nitrogen and oxygen atoms in total. The summed E-state index contributed by atoms with van der Waals surface area (Å²) in [5.41, 5.74) is 6.34. The fraction of sp³-hybridized carbons (Fsp3) is 0.500. The number of aryl methyl sites for hydroxylation is 1. The van der Waals surface area contributed by atoms with E-state index in [1.807, 2.05) is 7.05 Å². The zero-order valence-corrected chi connectivity index (χ0v) is 8.61. The molecule has 1 aromatic heterocycles. The van der Waals surface area contributed by atoms with Crippen LogP contribution in [0.4, 0.5) is 0 Å². The van der Waals surface area contributed by atoms with Gasteiger partial charge in [0.25, 0.3) is 0 Å². The van der Waals surface area contributed by atoms with Crippen molar-refractivity contribution >= 4 is 24.8 Å². The van der Waals surface area contributed by atoms with Crippen molar-refractivity contribution in [2.24, 2.45) is 12.8 Å². The summed E-state index contributed by atoms with van der Waals surface area (Å²) in [6, 6.07) is 0. The monoisotopic (exact) mass is 213 g/mol. The summed E-state index contributed by atoms with van der Waals surface area (Å²) in [4.78, 5) is 0. The number of methoxy groups -OCH3 is 1. The van der Waals surface area contributed by atoms with Gasteiger partial charge in [0, 0.05) is 19.2 Å². The molecule has 0 fully saturated rings. The third-order valence-electron chi connectivity index (χ3n) is 1.37. The Kier molecular flexibility index (Phi) is 7.18. The molecule has 0 bridgehead atoms. The quantitative estimate of drug-likeness (QED) is 0.789. The van der Waals surface area contributed by atoms with E-state index in [1.54, 1.807) is 18.0 Å². The Bertz CT molecular complexity index is 227. The Hall–Kier alpha value is -0.450. The summed E-state index contributed by atoms with van der Waals surface area (Å²) in [7, 11) is 3.42. The first-order valence-electron chi connectivity index (χ1n) is 3.04. The van der Waals surface area contributed by atoms with E-state index in [1.165, 1.54) is 0 Å². The third-order valence-corrected chi connectivity index (χ3v) is 1.37. The standard InChI is InChI=1S/C6H11N3O.2ClH/c1-9-6(10-2)5(3-7)4-8-9;;/h4H,3,7H2,1-2H3;2*1H. The maximum absolute atomic E-state index is 5.41. The number of aromatic nitrogens is 2. The average Bonchev–Trinajstić information content (AvgIpc) is 2.30. The number of rotatable bonds is 2. The lowest BCUT2D eigenvalue weighted by molar-refractivity contribution is 0.369. The van der Waals surface area contributed by atoms with Crippen molar-refractivity contribution in [2.75, 3.05) is 7.11 Å². The van der Waals surface area contributed by atoms with Gasteiger partial charge < -0.3 is 10.5 Å². The van der Waals surface area contributed by atoms with E-state index in [0.717, 1.165) is 11.4 Å². The fourth-order valence-electron chi connectivity index (χ4n) is 0.875. The van der Waals surface area contributed by atoms with Gasteiger partial charge in [0.1, 0.15) is 0 Å². The molecule has 0 aromatic carbocycles. The molecule has 0 unspecified atom stereocenters. The van der Waals surface area contributed by atoms with Crippen LogP contribution >= 0.6 is 24.8 Å². The Morgan fingerprint density at radius 1 is 1.58 bits per heavy atom. The SMILES string of the molecule is COc1c(CN)cnn1C.Cl.Cl. The van der Waals surface area contributed by atoms with Gasteiger partial charge in [-0.25, -0.2) is 4.68 Å². The Balaban J connectivity index is 0. The number of hydrogen-bond donors (Lipinski definition) is 1. The molecule has 0 aliphatic heterocycles. The van der Waals surface area contributed by atoms with Gasteiger partial charge in [-0.3, -0.25) is 0 Å². The molecule has 72 valence electrons. The minimum absolute atomic E-state index is 0. The number of halogens is 2. The van der Waals surface area contributed by atoms with Crippen molar-refractivity contribution in [3.8, 4) is 5.88 Å². The highest BCUT2D eigenvalue weighted by Gasteiger charge is 2.04. The summed E-state index contributed by atoms with van der Waals surface area (Å²) in [5, 5.41) is 3.97. The number of nitrogens with two attached hydrogens (primary N) is 1. The molecule has 0 amide bonds. The molecule has 0 spiro atoms. The normalized spacial score (nSPS) is 8.25. The second-order valence-electron chi connectivity index (χ2n) is 2.01. The summed E-state index contributed by atoms with van der Waals surface area (Å²) in [6.07, 6.45) is 1.71. The van der Waals surface area contributed by atoms with Crippen molar-refractivity contribution in [3.05, 3.63) is 11.8 Å². The van der Waals surface area contributed by atoms with Crippen molar-refractivity contribution in [1.29, 1.82) is 0 Å². The summed E-state index contributed by atoms with van der Waals surface area (Å²) >= 11 is 0. The van der Waals surface area contributed by atoms with Crippen molar-refractivity contribution in [2.45, 2.75) is 6.54 Å². The Morgan fingerprint density at radius 2 is 2.17 bits per heavy atom. The van der Waals surface area contributed by atoms with E-state index in [0.29, 0.717) is 6.54 Å². The van der Waals surface area contributed by atoms with Crippen LogP contribution < -0.4 is 10.5 Å². The van der Waals surface area contributed by atoms with Crippen LogP contribution in [0.3, 0.4) is 0 Å². The molecule has 0 saturated carbocycles. The lowest BCUT2D eigenvalue weighted by Gasteiger charge is -2.00. The summed E-state index contributed by atoms with van der Waals surface area (Å²) in [6.45, 7) is 0.469. The van der Waals surface area contributed by atoms with Crippen LogP contribution in [0.25, 0.3) is 0 Å². The van der Waals surface area contributed by atoms with E-state index in [2.05, 4.69) is 5.10 Å². The molecule has 0 radical (unpaired) electrons. The molecule has 0 atom stereocenters. The largest absolute Gasteiger partial charge is 0.481 e. The molecular formula is C6H13Cl2N3O. The zero-order chi connectivity index (χ0) is 7.56. The van der Waals surface area contributed by atoms with E-state index in [4.69, 9.17) is 10.5 Å². The molecule has 1 heterocycles. The van der Waals surface area contributed by atoms with Gasteiger partial charge in [0.15, 0.2) is 0 Å². The van der Waals surface area contributed by atoms with Gasteiger partial charge in [-0.05, 0) is 0 Å². The Morgan fingerprint density at radius 3 is 2.50 bits per heavy atom. The first kappa shape index (κ1) is 14.1. The highest BCUT2D eigenvalue weighted by atomic mass is 35.5. The zero-order valence-electron chi connectivity index (χ0n) is 6.98. The molecule has 0 aliphatic rings. The maximum atomic E-state index is 5.41. The predicted molar refractivity (Wildman–Crippen MR) is 52.1 cm³/mol. The second kappa shape index (κ2) is 6.11. The first-order chi connectivity index (χ1) is 4.79. The van der Waals surface area contributed by atoms with Crippen molar-refractivity contribution in [3.63, 3.8) is 0 Å². The molecule has 0 aliphatic carbocycles. The van der Waals surface area contributed by atoms with Gasteiger partial charge in [0.2, 0.25) is 5.88 Å². The van der Waals surface area contributed by atoms with Gasteiger partial charge in [-0.15, -0.1) is 24.8 Å². The van der Waals surface area contributed by atoms with Gasteiger partial charge >= 0.3 is 0 Å². The number of nitrogens with zero attached hydrogens (tertiary/aromatic N) is 2. The predicted octanol–water partition coefficient (Wildman–Crippen LogP) is 0.731.